The highest BCUT2D eigenvalue weighted by molar-refractivity contribution is 6.00. The lowest BCUT2D eigenvalue weighted by Crippen LogP contribution is -2.27. The lowest BCUT2D eigenvalue weighted by atomic mass is 10.1. The van der Waals surface area contributed by atoms with E-state index in [-0.39, 0.29) is 12.0 Å². The van der Waals surface area contributed by atoms with Gasteiger partial charge in [-0.15, -0.1) is 0 Å². The Kier molecular flexibility index (Phi) is 4.75. The topological polar surface area (TPSA) is 80.5 Å². The van der Waals surface area contributed by atoms with Gasteiger partial charge in [-0.3, -0.25) is 9.48 Å². The monoisotopic (exact) mass is 404 g/mol. The summed E-state index contributed by atoms with van der Waals surface area (Å²) in [5.41, 5.74) is 4.47. The maximum absolute atomic E-state index is 13.1. The first kappa shape index (κ1) is 18.8. The number of carbonyl (C=O) groups excluding carboxylic acids is 1. The molecule has 1 amide bonds. The Bertz CT molecular complexity index is 1080. The van der Waals surface area contributed by atoms with Crippen LogP contribution >= 0.6 is 0 Å². The number of nitrogens with zero attached hydrogens (tertiary/aromatic N) is 4. The van der Waals surface area contributed by atoms with Crippen LogP contribution in [0.15, 0.2) is 48.8 Å². The quantitative estimate of drug-likeness (QED) is 0.707. The first-order valence-corrected chi connectivity index (χ1v) is 10.3. The number of fused-ring (bicyclic) bond motifs is 1. The molecule has 0 radical (unpaired) electrons. The second kappa shape index (κ2) is 7.57. The lowest BCUT2D eigenvalue weighted by Gasteiger charge is -2.18. The minimum absolute atomic E-state index is 0.0746. The van der Waals surface area contributed by atoms with Gasteiger partial charge in [0.15, 0.2) is 0 Å². The minimum atomic E-state index is -0.493. The molecule has 154 valence electrons. The van der Waals surface area contributed by atoms with E-state index < -0.39 is 6.10 Å². The van der Waals surface area contributed by atoms with Crippen LogP contribution in [0, 0.1) is 0 Å². The molecule has 30 heavy (non-hydrogen) atoms. The number of hydrogen-bond acceptors (Lipinski definition) is 5. The lowest BCUT2D eigenvalue weighted by molar-refractivity contribution is 0.0553. The van der Waals surface area contributed by atoms with Gasteiger partial charge >= 0.3 is 0 Å². The second-order valence-corrected chi connectivity index (χ2v) is 8.04. The summed E-state index contributed by atoms with van der Waals surface area (Å²) in [6, 6.07) is 12.0. The molecule has 1 aliphatic carbocycles. The summed E-state index contributed by atoms with van der Waals surface area (Å²) in [6.45, 7) is 1.05. The average molecular weight is 404 g/mol. The number of rotatable bonds is 5. The fraction of sp³-hybridized carbons (Fsp3) is 0.348. The molecule has 7 heteroatoms. The smallest absolute Gasteiger partial charge is 0.260 e. The molecular formula is C23H24N4O3. The molecule has 0 saturated heterocycles. The molecule has 2 atom stereocenters. The standard InChI is InChI=1S/C23H24N4O3/c1-26-12-10-18(25-26)16-7-5-15(6-8-16)13-27-14-17-9-11-24-22(21(17)23(27)29)30-20-4-2-3-19(20)28/h5-12,19-20,28H,2-4,13-14H2,1H3/t19-,20-/m0/s1. The van der Waals surface area contributed by atoms with Gasteiger partial charge in [-0.1, -0.05) is 24.3 Å². The summed E-state index contributed by atoms with van der Waals surface area (Å²) in [5, 5.41) is 14.5. The Hall–Kier alpha value is -3.19. The number of hydrogen-bond donors (Lipinski definition) is 1. The molecule has 0 spiro atoms. The van der Waals surface area contributed by atoms with E-state index in [0.29, 0.717) is 24.5 Å². The molecule has 1 saturated carbocycles. The van der Waals surface area contributed by atoms with Crippen molar-refractivity contribution in [1.82, 2.24) is 19.7 Å². The van der Waals surface area contributed by atoms with Gasteiger partial charge in [0, 0.05) is 38.1 Å². The highest BCUT2D eigenvalue weighted by Gasteiger charge is 2.34. The van der Waals surface area contributed by atoms with Crippen molar-refractivity contribution >= 4 is 5.91 Å². The van der Waals surface area contributed by atoms with Crippen LogP contribution in [0.4, 0.5) is 0 Å². The fourth-order valence-corrected chi connectivity index (χ4v) is 4.25. The van der Waals surface area contributed by atoms with E-state index in [1.807, 2.05) is 49.6 Å². The van der Waals surface area contributed by atoms with Crippen molar-refractivity contribution in [3.8, 4) is 17.1 Å². The molecule has 1 fully saturated rings. The second-order valence-electron chi connectivity index (χ2n) is 8.04. The number of benzene rings is 1. The number of aryl methyl sites for hydroxylation is 1. The molecule has 5 rings (SSSR count). The number of aliphatic hydroxyl groups is 1. The summed E-state index contributed by atoms with van der Waals surface area (Å²) in [4.78, 5) is 19.2. The predicted octanol–water partition coefficient (Wildman–Crippen LogP) is 2.93. The fourth-order valence-electron chi connectivity index (χ4n) is 4.25. The number of ether oxygens (including phenoxy) is 1. The van der Waals surface area contributed by atoms with Crippen LogP contribution in [0.3, 0.4) is 0 Å². The van der Waals surface area contributed by atoms with E-state index in [0.717, 1.165) is 41.6 Å². The summed E-state index contributed by atoms with van der Waals surface area (Å²) in [7, 11) is 1.90. The van der Waals surface area contributed by atoms with E-state index in [9.17, 15) is 9.90 Å². The zero-order valence-electron chi connectivity index (χ0n) is 16.9. The molecular weight excluding hydrogens is 380 g/mol. The maximum atomic E-state index is 13.1. The third-order valence-electron chi connectivity index (χ3n) is 5.88. The van der Waals surface area contributed by atoms with Crippen LogP contribution in [-0.4, -0.2) is 42.9 Å². The van der Waals surface area contributed by atoms with Gasteiger partial charge in [-0.25, -0.2) is 4.98 Å². The number of aliphatic hydroxyl groups excluding tert-OH is 1. The molecule has 3 heterocycles. The van der Waals surface area contributed by atoms with E-state index >= 15 is 0 Å². The molecule has 2 aliphatic rings. The van der Waals surface area contributed by atoms with Gasteiger partial charge in [0.25, 0.3) is 5.91 Å². The van der Waals surface area contributed by atoms with Gasteiger partial charge in [0.2, 0.25) is 5.88 Å². The molecule has 2 aromatic heterocycles. The minimum Gasteiger partial charge on any atom is -0.471 e. The molecule has 1 aliphatic heterocycles. The number of carbonyl (C=O) groups is 1. The summed E-state index contributed by atoms with van der Waals surface area (Å²) in [5.74, 6) is 0.269. The van der Waals surface area contributed by atoms with Crippen LogP contribution < -0.4 is 4.74 Å². The van der Waals surface area contributed by atoms with Crippen LogP contribution in [0.1, 0.15) is 40.7 Å². The SMILES string of the molecule is Cn1ccc(-c2ccc(CN3Cc4ccnc(O[C@H]5CCC[C@@H]5O)c4C3=O)cc2)n1. The van der Waals surface area contributed by atoms with Crippen molar-refractivity contribution < 1.29 is 14.6 Å². The van der Waals surface area contributed by atoms with Gasteiger partial charge in [-0.05, 0) is 42.5 Å². The van der Waals surface area contributed by atoms with Crippen LogP contribution in [0.5, 0.6) is 5.88 Å². The maximum Gasteiger partial charge on any atom is 0.260 e. The highest BCUT2D eigenvalue weighted by atomic mass is 16.5. The molecule has 7 nitrogen and oxygen atoms in total. The predicted molar refractivity (Wildman–Crippen MR) is 111 cm³/mol. The zero-order chi connectivity index (χ0) is 20.7. The Morgan fingerprint density at radius 3 is 2.70 bits per heavy atom. The largest absolute Gasteiger partial charge is 0.471 e. The van der Waals surface area contributed by atoms with Crippen LogP contribution in [-0.2, 0) is 20.1 Å². The van der Waals surface area contributed by atoms with E-state index in [1.165, 1.54) is 0 Å². The third-order valence-corrected chi connectivity index (χ3v) is 5.88. The van der Waals surface area contributed by atoms with Crippen molar-refractivity contribution in [2.75, 3.05) is 0 Å². The number of aromatic nitrogens is 3. The molecule has 3 aromatic rings. The van der Waals surface area contributed by atoms with E-state index in [2.05, 4.69) is 10.1 Å². The summed E-state index contributed by atoms with van der Waals surface area (Å²) in [6.07, 6.45) is 5.25. The highest BCUT2D eigenvalue weighted by Crippen LogP contribution is 2.33. The Morgan fingerprint density at radius 1 is 1.17 bits per heavy atom. The molecule has 0 unspecified atom stereocenters. The van der Waals surface area contributed by atoms with Crippen LogP contribution in [0.2, 0.25) is 0 Å². The third kappa shape index (κ3) is 3.45. The Labute approximate surface area is 174 Å². The number of pyridine rings is 1. The zero-order valence-corrected chi connectivity index (χ0v) is 16.9. The van der Waals surface area contributed by atoms with Crippen LogP contribution in [0.25, 0.3) is 11.3 Å². The van der Waals surface area contributed by atoms with E-state index in [4.69, 9.17) is 4.74 Å². The van der Waals surface area contributed by atoms with Gasteiger partial charge in [0.1, 0.15) is 11.7 Å². The van der Waals surface area contributed by atoms with Gasteiger partial charge < -0.3 is 14.7 Å². The van der Waals surface area contributed by atoms with Gasteiger partial charge in [-0.2, -0.15) is 5.10 Å². The first-order chi connectivity index (χ1) is 14.6. The summed E-state index contributed by atoms with van der Waals surface area (Å²) < 4.78 is 7.73. The average Bonchev–Trinajstić information content (AvgIpc) is 3.44. The Morgan fingerprint density at radius 2 is 2.00 bits per heavy atom. The van der Waals surface area contributed by atoms with Crippen molar-refractivity contribution in [1.29, 1.82) is 0 Å². The Balaban J connectivity index is 1.31. The number of amides is 1. The molecule has 1 N–H and O–H groups in total. The summed E-state index contributed by atoms with van der Waals surface area (Å²) >= 11 is 0. The van der Waals surface area contributed by atoms with Crippen molar-refractivity contribution in [3.05, 3.63) is 65.5 Å². The van der Waals surface area contributed by atoms with Crippen molar-refractivity contribution in [2.24, 2.45) is 7.05 Å². The molecule has 1 aromatic carbocycles. The van der Waals surface area contributed by atoms with Crippen molar-refractivity contribution in [2.45, 2.75) is 44.6 Å². The molecule has 0 bridgehead atoms. The normalized spacial score (nSPS) is 20.6. The van der Waals surface area contributed by atoms with Crippen molar-refractivity contribution in [3.63, 3.8) is 0 Å². The van der Waals surface area contributed by atoms with E-state index in [1.54, 1.807) is 15.8 Å². The first-order valence-electron chi connectivity index (χ1n) is 10.3. The van der Waals surface area contributed by atoms with Gasteiger partial charge in [0.05, 0.1) is 11.8 Å².